The summed E-state index contributed by atoms with van der Waals surface area (Å²) in [5.41, 5.74) is 1.96. The first-order valence-electron chi connectivity index (χ1n) is 9.19. The zero-order valence-corrected chi connectivity index (χ0v) is 15.9. The Bertz CT molecular complexity index is 786. The van der Waals surface area contributed by atoms with E-state index in [-0.39, 0.29) is 36.8 Å². The lowest BCUT2D eigenvalue weighted by atomic mass is 9.85. The summed E-state index contributed by atoms with van der Waals surface area (Å²) in [5.74, 6) is 0.824. The minimum Gasteiger partial charge on any atom is -0.497 e. The van der Waals surface area contributed by atoms with E-state index in [2.05, 4.69) is 13.8 Å². The Hall–Kier alpha value is -2.82. The number of carbonyl (C=O) groups excluding carboxylic acids is 2. The van der Waals surface area contributed by atoms with E-state index in [1.54, 1.807) is 7.11 Å². The third kappa shape index (κ3) is 4.13. The van der Waals surface area contributed by atoms with Crippen molar-refractivity contribution in [2.45, 2.75) is 32.2 Å². The number of cyclic esters (lactones) is 1. The number of benzene rings is 2. The lowest BCUT2D eigenvalue weighted by Gasteiger charge is -2.25. The lowest BCUT2D eigenvalue weighted by molar-refractivity contribution is -0.129. The quantitative estimate of drug-likeness (QED) is 0.752. The van der Waals surface area contributed by atoms with Crippen LogP contribution in [0.2, 0.25) is 0 Å². The van der Waals surface area contributed by atoms with Crippen molar-refractivity contribution in [1.29, 1.82) is 0 Å². The van der Waals surface area contributed by atoms with Crippen LogP contribution in [0.3, 0.4) is 0 Å². The third-order valence-electron chi connectivity index (χ3n) is 5.07. The third-order valence-corrected chi connectivity index (χ3v) is 5.07. The monoisotopic (exact) mass is 367 g/mol. The van der Waals surface area contributed by atoms with Gasteiger partial charge in [-0.15, -0.1) is 0 Å². The average Bonchev–Trinajstić information content (AvgIpc) is 3.08. The molecule has 0 aromatic heterocycles. The Morgan fingerprint density at radius 3 is 2.41 bits per heavy atom. The van der Waals surface area contributed by atoms with Crippen LogP contribution in [0.1, 0.15) is 43.4 Å². The molecule has 1 aliphatic rings. The predicted molar refractivity (Wildman–Crippen MR) is 103 cm³/mol. The topological polar surface area (TPSA) is 55.8 Å². The maximum atomic E-state index is 13.1. The van der Waals surface area contributed by atoms with Gasteiger partial charge in [0.15, 0.2) is 0 Å². The van der Waals surface area contributed by atoms with E-state index in [0.29, 0.717) is 0 Å². The second-order valence-electron chi connectivity index (χ2n) is 7.09. The fourth-order valence-electron chi connectivity index (χ4n) is 3.49. The van der Waals surface area contributed by atoms with Gasteiger partial charge < -0.3 is 9.47 Å². The molecule has 2 aromatic rings. The summed E-state index contributed by atoms with van der Waals surface area (Å²) in [5, 5.41) is 0. The molecule has 5 nitrogen and oxygen atoms in total. The smallest absolute Gasteiger partial charge is 0.417 e. The van der Waals surface area contributed by atoms with Crippen molar-refractivity contribution >= 4 is 12.0 Å². The number of ether oxygens (including phenoxy) is 2. The summed E-state index contributed by atoms with van der Waals surface area (Å²) < 4.78 is 10.4. The summed E-state index contributed by atoms with van der Waals surface area (Å²) in [7, 11) is 1.63. The number of imide groups is 1. The van der Waals surface area contributed by atoms with Crippen molar-refractivity contribution in [2.24, 2.45) is 5.92 Å². The van der Waals surface area contributed by atoms with Crippen LogP contribution in [0.15, 0.2) is 54.6 Å². The zero-order valence-electron chi connectivity index (χ0n) is 15.9. The molecule has 0 radical (unpaired) electrons. The van der Waals surface area contributed by atoms with Gasteiger partial charge >= 0.3 is 6.09 Å². The highest BCUT2D eigenvalue weighted by molar-refractivity contribution is 5.94. The molecule has 0 bridgehead atoms. The summed E-state index contributed by atoms with van der Waals surface area (Å²) in [6, 6.07) is 16.9. The van der Waals surface area contributed by atoms with Crippen LogP contribution in [-0.4, -0.2) is 30.6 Å². The van der Waals surface area contributed by atoms with E-state index in [1.165, 1.54) is 4.90 Å². The van der Waals surface area contributed by atoms with Gasteiger partial charge in [0.1, 0.15) is 18.4 Å². The maximum Gasteiger partial charge on any atom is 0.417 e. The number of nitrogens with zero attached hydrogens (tertiary/aromatic N) is 1. The second-order valence-corrected chi connectivity index (χ2v) is 7.09. The van der Waals surface area contributed by atoms with Crippen LogP contribution in [0.4, 0.5) is 4.79 Å². The first-order chi connectivity index (χ1) is 13.0. The van der Waals surface area contributed by atoms with Crippen molar-refractivity contribution in [3.63, 3.8) is 0 Å². The molecule has 0 spiro atoms. The second kappa shape index (κ2) is 8.25. The van der Waals surface area contributed by atoms with Crippen molar-refractivity contribution in [1.82, 2.24) is 4.90 Å². The number of methoxy groups -OCH3 is 1. The molecule has 2 amide bonds. The van der Waals surface area contributed by atoms with E-state index >= 15 is 0 Å². The van der Waals surface area contributed by atoms with E-state index in [9.17, 15) is 9.59 Å². The Morgan fingerprint density at radius 1 is 1.15 bits per heavy atom. The van der Waals surface area contributed by atoms with Crippen LogP contribution < -0.4 is 4.74 Å². The van der Waals surface area contributed by atoms with Crippen molar-refractivity contribution in [3.05, 3.63) is 65.7 Å². The van der Waals surface area contributed by atoms with Crippen LogP contribution in [0.25, 0.3) is 0 Å². The largest absolute Gasteiger partial charge is 0.497 e. The molecule has 0 unspecified atom stereocenters. The SMILES string of the molecule is COc1ccc([C@H](CC(=O)N2C(=O)OC[C@H]2c2ccccc2)C(C)C)cc1. The normalized spacial score (nSPS) is 17.7. The van der Waals surface area contributed by atoms with Crippen molar-refractivity contribution in [2.75, 3.05) is 13.7 Å². The number of rotatable bonds is 6. The van der Waals surface area contributed by atoms with Crippen LogP contribution >= 0.6 is 0 Å². The van der Waals surface area contributed by atoms with E-state index in [4.69, 9.17) is 9.47 Å². The molecule has 2 aromatic carbocycles. The summed E-state index contributed by atoms with van der Waals surface area (Å²) in [6.45, 7) is 4.36. The molecule has 1 saturated heterocycles. The maximum absolute atomic E-state index is 13.1. The molecule has 142 valence electrons. The van der Waals surface area contributed by atoms with E-state index in [0.717, 1.165) is 16.9 Å². The van der Waals surface area contributed by atoms with Crippen LogP contribution in [-0.2, 0) is 9.53 Å². The molecule has 0 aliphatic carbocycles. The lowest BCUT2D eigenvalue weighted by Crippen LogP contribution is -2.35. The molecule has 27 heavy (non-hydrogen) atoms. The van der Waals surface area contributed by atoms with Gasteiger partial charge in [-0.25, -0.2) is 9.69 Å². The Labute approximate surface area is 159 Å². The Balaban J connectivity index is 1.80. The van der Waals surface area contributed by atoms with Gasteiger partial charge in [-0.3, -0.25) is 4.79 Å². The van der Waals surface area contributed by atoms with Gasteiger partial charge in [0.05, 0.1) is 7.11 Å². The van der Waals surface area contributed by atoms with Crippen molar-refractivity contribution < 1.29 is 19.1 Å². The molecular formula is C22H25NO4. The standard InChI is InChI=1S/C22H25NO4/c1-15(2)19(16-9-11-18(26-3)12-10-16)13-21(24)23-20(14-27-22(23)25)17-7-5-4-6-8-17/h4-12,15,19-20H,13-14H2,1-3H3/t19-,20+/m1/s1. The number of carbonyl (C=O) groups is 2. The summed E-state index contributed by atoms with van der Waals surface area (Å²) in [4.78, 5) is 26.6. The molecule has 5 heteroatoms. The first-order valence-corrected chi connectivity index (χ1v) is 9.19. The molecule has 2 atom stereocenters. The predicted octanol–water partition coefficient (Wildman–Crippen LogP) is 4.55. The van der Waals surface area contributed by atoms with Gasteiger partial charge in [-0.05, 0) is 35.1 Å². The highest BCUT2D eigenvalue weighted by atomic mass is 16.6. The highest BCUT2D eigenvalue weighted by Gasteiger charge is 2.39. The Morgan fingerprint density at radius 2 is 1.81 bits per heavy atom. The van der Waals surface area contributed by atoms with Crippen molar-refractivity contribution in [3.8, 4) is 5.75 Å². The Kier molecular flexibility index (Phi) is 5.79. The number of hydrogen-bond acceptors (Lipinski definition) is 4. The molecular weight excluding hydrogens is 342 g/mol. The minimum atomic E-state index is -0.564. The summed E-state index contributed by atoms with van der Waals surface area (Å²) in [6.07, 6.45) is -0.311. The number of amides is 2. The van der Waals surface area contributed by atoms with Crippen LogP contribution in [0.5, 0.6) is 5.75 Å². The molecule has 3 rings (SSSR count). The molecule has 0 N–H and O–H groups in total. The molecule has 1 aliphatic heterocycles. The van der Waals surface area contributed by atoms with Gasteiger partial charge in [-0.2, -0.15) is 0 Å². The summed E-state index contributed by atoms with van der Waals surface area (Å²) >= 11 is 0. The van der Waals surface area contributed by atoms with Crippen LogP contribution in [0, 0.1) is 5.92 Å². The van der Waals surface area contributed by atoms with E-state index in [1.807, 2.05) is 54.6 Å². The fourth-order valence-corrected chi connectivity index (χ4v) is 3.49. The van der Waals surface area contributed by atoms with Gasteiger partial charge in [0.2, 0.25) is 5.91 Å². The van der Waals surface area contributed by atoms with Gasteiger partial charge in [0, 0.05) is 6.42 Å². The fraction of sp³-hybridized carbons (Fsp3) is 0.364. The van der Waals surface area contributed by atoms with E-state index < -0.39 is 6.09 Å². The minimum absolute atomic E-state index is 0.00762. The highest BCUT2D eigenvalue weighted by Crippen LogP contribution is 2.33. The first kappa shape index (κ1) is 19.0. The average molecular weight is 367 g/mol. The zero-order chi connectivity index (χ0) is 19.4. The van der Waals surface area contributed by atoms with Gasteiger partial charge in [0.25, 0.3) is 0 Å². The molecule has 1 fully saturated rings. The van der Waals surface area contributed by atoms with Gasteiger partial charge in [-0.1, -0.05) is 56.3 Å². The molecule has 0 saturated carbocycles. The number of hydrogen-bond donors (Lipinski definition) is 0. The molecule has 1 heterocycles.